The van der Waals surface area contributed by atoms with Crippen LogP contribution in [0.25, 0.3) is 0 Å². The molecule has 0 radical (unpaired) electrons. The molecule has 21 heavy (non-hydrogen) atoms. The number of hydrogen-bond acceptors (Lipinski definition) is 5. The van der Waals surface area contributed by atoms with E-state index in [0.717, 1.165) is 0 Å². The maximum Gasteiger partial charge on any atom is 0.422 e. The number of nitrogens with one attached hydrogen (secondary N) is 2. The number of aliphatic hydroxyl groups is 1. The number of carbonyl (C=O) groups excluding carboxylic acids is 1. The maximum absolute atomic E-state index is 11.8. The van der Waals surface area contributed by atoms with Crippen molar-refractivity contribution in [2.75, 3.05) is 11.3 Å². The van der Waals surface area contributed by atoms with Crippen LogP contribution >= 0.6 is 0 Å². The van der Waals surface area contributed by atoms with Gasteiger partial charge in [0.1, 0.15) is 6.61 Å². The van der Waals surface area contributed by atoms with Crippen LogP contribution in [0, 0.1) is 11.8 Å². The van der Waals surface area contributed by atoms with Gasteiger partial charge < -0.3 is 9.84 Å². The SMILES string of the molecule is CC(C)OC(=O)NS(=O)(=O)Nc1ccccc1C#CCO. The third-order valence-electron chi connectivity index (χ3n) is 2.03. The molecule has 0 aromatic heterocycles. The fourth-order valence-corrected chi connectivity index (χ4v) is 2.12. The van der Waals surface area contributed by atoms with Crippen molar-refractivity contribution in [3.63, 3.8) is 0 Å². The molecule has 3 N–H and O–H groups in total. The summed E-state index contributed by atoms with van der Waals surface area (Å²) in [7, 11) is -4.13. The largest absolute Gasteiger partial charge is 0.446 e. The van der Waals surface area contributed by atoms with Gasteiger partial charge in [-0.25, -0.2) is 9.52 Å². The topological polar surface area (TPSA) is 105 Å². The van der Waals surface area contributed by atoms with Crippen molar-refractivity contribution >= 4 is 22.0 Å². The van der Waals surface area contributed by atoms with Gasteiger partial charge in [0.25, 0.3) is 0 Å². The highest BCUT2D eigenvalue weighted by Crippen LogP contribution is 2.14. The molecule has 0 fully saturated rings. The van der Waals surface area contributed by atoms with Crippen molar-refractivity contribution in [3.8, 4) is 11.8 Å². The summed E-state index contributed by atoms with van der Waals surface area (Å²) in [6, 6.07) is 6.33. The first kappa shape index (κ1) is 16.8. The van der Waals surface area contributed by atoms with Crippen molar-refractivity contribution in [3.05, 3.63) is 29.8 Å². The molecule has 0 aliphatic carbocycles. The molecule has 8 heteroatoms. The van der Waals surface area contributed by atoms with Gasteiger partial charge >= 0.3 is 16.3 Å². The smallest absolute Gasteiger partial charge is 0.422 e. The third kappa shape index (κ3) is 6.16. The van der Waals surface area contributed by atoms with E-state index in [9.17, 15) is 13.2 Å². The molecule has 7 nitrogen and oxygen atoms in total. The predicted octanol–water partition coefficient (Wildman–Crippen LogP) is 0.822. The molecule has 0 aliphatic rings. The summed E-state index contributed by atoms with van der Waals surface area (Å²) in [6.45, 7) is 2.85. The molecule has 1 aromatic carbocycles. The van der Waals surface area contributed by atoms with Crippen LogP contribution in [0.3, 0.4) is 0 Å². The first-order valence-corrected chi connectivity index (χ1v) is 7.52. The van der Waals surface area contributed by atoms with Crippen molar-refractivity contribution in [1.82, 2.24) is 4.72 Å². The molecule has 0 aliphatic heterocycles. The fraction of sp³-hybridized carbons (Fsp3) is 0.308. The Morgan fingerprint density at radius 3 is 2.67 bits per heavy atom. The molecular formula is C13H16N2O5S. The Hall–Kier alpha value is -2.24. The molecule has 0 spiro atoms. The second-order valence-corrected chi connectivity index (χ2v) is 5.58. The zero-order valence-corrected chi connectivity index (χ0v) is 12.4. The highest BCUT2D eigenvalue weighted by Gasteiger charge is 2.17. The summed E-state index contributed by atoms with van der Waals surface area (Å²) in [4.78, 5) is 11.3. The third-order valence-corrected chi connectivity index (χ3v) is 2.96. The minimum absolute atomic E-state index is 0.184. The van der Waals surface area contributed by atoms with Crippen LogP contribution in [0.2, 0.25) is 0 Å². The summed E-state index contributed by atoms with van der Waals surface area (Å²) in [6.07, 6.45) is -1.51. The molecule has 0 atom stereocenters. The lowest BCUT2D eigenvalue weighted by molar-refractivity contribution is 0.121. The Bertz CT molecular complexity index is 659. The average molecular weight is 312 g/mol. The van der Waals surface area contributed by atoms with Gasteiger partial charge in [-0.3, -0.25) is 4.72 Å². The van der Waals surface area contributed by atoms with E-state index < -0.39 is 22.4 Å². The number of aliphatic hydroxyl groups excluding tert-OH is 1. The highest BCUT2D eigenvalue weighted by molar-refractivity contribution is 7.91. The van der Waals surface area contributed by atoms with E-state index in [1.807, 2.05) is 0 Å². The highest BCUT2D eigenvalue weighted by atomic mass is 32.2. The van der Waals surface area contributed by atoms with Crippen LogP contribution in [0.4, 0.5) is 10.5 Å². The number of anilines is 1. The number of hydrogen-bond donors (Lipinski definition) is 3. The van der Waals surface area contributed by atoms with Crippen LogP contribution in [-0.2, 0) is 14.9 Å². The molecule has 1 amide bonds. The number of rotatable bonds is 4. The van der Waals surface area contributed by atoms with Crippen LogP contribution in [0.5, 0.6) is 0 Å². The second-order valence-electron chi connectivity index (χ2n) is 4.17. The fourth-order valence-electron chi connectivity index (χ4n) is 1.33. The Morgan fingerprint density at radius 1 is 1.38 bits per heavy atom. The average Bonchev–Trinajstić information content (AvgIpc) is 2.35. The minimum atomic E-state index is -4.13. The number of para-hydroxylation sites is 1. The van der Waals surface area contributed by atoms with Crippen molar-refractivity contribution < 1.29 is 23.1 Å². The molecular weight excluding hydrogens is 296 g/mol. The van der Waals surface area contributed by atoms with E-state index in [4.69, 9.17) is 5.11 Å². The van der Waals surface area contributed by atoms with E-state index in [-0.39, 0.29) is 12.3 Å². The van der Waals surface area contributed by atoms with Crippen molar-refractivity contribution in [2.24, 2.45) is 0 Å². The van der Waals surface area contributed by atoms with Gasteiger partial charge in [0.05, 0.1) is 11.8 Å². The van der Waals surface area contributed by atoms with Gasteiger partial charge in [0, 0.05) is 5.56 Å². The minimum Gasteiger partial charge on any atom is -0.446 e. The first-order valence-electron chi connectivity index (χ1n) is 6.04. The number of amides is 1. The van der Waals surface area contributed by atoms with Gasteiger partial charge in [-0.15, -0.1) is 0 Å². The van der Waals surface area contributed by atoms with E-state index in [0.29, 0.717) is 5.56 Å². The van der Waals surface area contributed by atoms with Crippen LogP contribution in [-0.4, -0.2) is 32.3 Å². The maximum atomic E-state index is 11.8. The summed E-state index contributed by atoms with van der Waals surface area (Å²) in [5.74, 6) is 5.02. The van der Waals surface area contributed by atoms with E-state index in [1.165, 1.54) is 6.07 Å². The Morgan fingerprint density at radius 2 is 2.05 bits per heavy atom. The Balaban J connectivity index is 2.87. The van der Waals surface area contributed by atoms with E-state index in [1.54, 1.807) is 36.8 Å². The van der Waals surface area contributed by atoms with Gasteiger partial charge in [0.15, 0.2) is 0 Å². The molecule has 1 rings (SSSR count). The lowest BCUT2D eigenvalue weighted by atomic mass is 10.2. The number of ether oxygens (including phenoxy) is 1. The van der Waals surface area contributed by atoms with Crippen LogP contribution in [0.1, 0.15) is 19.4 Å². The van der Waals surface area contributed by atoms with Crippen molar-refractivity contribution in [1.29, 1.82) is 0 Å². The summed E-state index contributed by atoms with van der Waals surface area (Å²) >= 11 is 0. The monoisotopic (exact) mass is 312 g/mol. The van der Waals surface area contributed by atoms with Gasteiger partial charge in [-0.2, -0.15) is 8.42 Å². The Labute approximate surface area is 123 Å². The van der Waals surface area contributed by atoms with E-state index >= 15 is 0 Å². The van der Waals surface area contributed by atoms with Gasteiger partial charge in [-0.1, -0.05) is 24.0 Å². The summed E-state index contributed by atoms with van der Waals surface area (Å²) in [5, 5.41) is 8.67. The number of benzene rings is 1. The second kappa shape index (κ2) is 7.52. The van der Waals surface area contributed by atoms with E-state index in [2.05, 4.69) is 21.3 Å². The molecule has 0 saturated heterocycles. The van der Waals surface area contributed by atoms with Crippen LogP contribution < -0.4 is 9.44 Å². The quantitative estimate of drug-likeness (QED) is 0.714. The lowest BCUT2D eigenvalue weighted by Gasteiger charge is -2.12. The summed E-state index contributed by atoms with van der Waals surface area (Å²) < 4.78 is 32.2. The number of carbonyl (C=O) groups is 1. The predicted molar refractivity (Wildman–Crippen MR) is 77.7 cm³/mol. The summed E-state index contributed by atoms with van der Waals surface area (Å²) in [5.41, 5.74) is 0.553. The van der Waals surface area contributed by atoms with Crippen LogP contribution in [0.15, 0.2) is 24.3 Å². The molecule has 114 valence electrons. The zero-order valence-electron chi connectivity index (χ0n) is 11.6. The molecule has 0 unspecified atom stereocenters. The van der Waals surface area contributed by atoms with Gasteiger partial charge in [-0.05, 0) is 26.0 Å². The molecule has 1 aromatic rings. The van der Waals surface area contributed by atoms with Gasteiger partial charge in [0.2, 0.25) is 0 Å². The molecule has 0 bridgehead atoms. The Kier molecular flexibility index (Phi) is 6.02. The van der Waals surface area contributed by atoms with Crippen molar-refractivity contribution in [2.45, 2.75) is 20.0 Å². The standard InChI is InChI=1S/C13H16N2O5S/c1-10(2)20-13(17)15-21(18,19)14-12-8-4-3-6-11(12)7-5-9-16/h3-4,6,8,10,14,16H,9H2,1-2H3,(H,15,17). The zero-order chi connectivity index (χ0) is 15.9. The molecule has 0 saturated carbocycles. The lowest BCUT2D eigenvalue weighted by Crippen LogP contribution is -2.36. The molecule has 0 heterocycles. The first-order chi connectivity index (χ1) is 9.84. The normalized spacial score (nSPS) is 10.5.